The molecule has 0 aromatic rings. The zero-order valence-corrected chi connectivity index (χ0v) is 8.54. The van der Waals surface area contributed by atoms with Crippen LogP contribution >= 0.6 is 7.82 Å². The van der Waals surface area contributed by atoms with Crippen molar-refractivity contribution >= 4 is 18.2 Å². The molecule has 0 aliphatic heterocycles. The molecule has 0 unspecified atom stereocenters. The third-order valence-corrected chi connectivity index (χ3v) is 1.72. The van der Waals surface area contributed by atoms with Gasteiger partial charge in [-0.3, -0.25) is 4.55 Å². The number of hydrogen-bond donors (Lipinski definition) is 3. The first-order chi connectivity index (χ1) is 3.71. The van der Waals surface area contributed by atoms with Gasteiger partial charge in [-0.15, -0.1) is 3.97 Å². The number of rotatable bonds is 2. The fourth-order valence-corrected chi connectivity index (χ4v) is 1.10. The van der Waals surface area contributed by atoms with Gasteiger partial charge in [0.2, 0.25) is 0 Å². The van der Waals surface area contributed by atoms with Crippen molar-refractivity contribution < 1.29 is 62.3 Å². The molecule has 0 saturated carbocycles. The van der Waals surface area contributed by atoms with E-state index in [2.05, 4.69) is 3.97 Å². The Morgan fingerprint density at radius 1 is 1.40 bits per heavy atom. The van der Waals surface area contributed by atoms with Gasteiger partial charge in [0.25, 0.3) is 0 Å². The van der Waals surface area contributed by atoms with Crippen molar-refractivity contribution in [1.29, 1.82) is 0 Å². The first kappa shape index (κ1) is 13.6. The predicted octanol–water partition coefficient (Wildman–Crippen LogP) is -3.98. The molecule has 3 N–H and O–H groups in total. The number of phosphoric acid groups is 1. The Hall–Kier alpha value is 1.02. The molecule has 0 aromatic heterocycles. The van der Waals surface area contributed by atoms with Crippen LogP contribution in [0.15, 0.2) is 0 Å². The van der Waals surface area contributed by atoms with Gasteiger partial charge in [-0.05, 0) is 0 Å². The van der Waals surface area contributed by atoms with Crippen LogP contribution in [0.1, 0.15) is 1.43 Å². The van der Waals surface area contributed by atoms with E-state index < -0.39 is 18.2 Å². The van der Waals surface area contributed by atoms with Crippen LogP contribution in [0.3, 0.4) is 0 Å². The summed E-state index contributed by atoms with van der Waals surface area (Å²) in [7, 11) is -10.2. The molecule has 58 valence electrons. The first-order valence-corrected chi connectivity index (χ1v) is 4.34. The van der Waals surface area contributed by atoms with Crippen LogP contribution in [-0.2, 0) is 18.9 Å². The van der Waals surface area contributed by atoms with Crippen LogP contribution in [0, 0.1) is 0 Å². The van der Waals surface area contributed by atoms with E-state index in [1.807, 2.05) is 0 Å². The van der Waals surface area contributed by atoms with E-state index in [-0.39, 0.29) is 31.0 Å². The maximum Gasteiger partial charge on any atom is 1.00 e. The maximum atomic E-state index is 9.58. The van der Waals surface area contributed by atoms with E-state index in [0.717, 1.165) is 0 Å². The fourth-order valence-electron chi connectivity index (χ4n) is 0.123. The summed E-state index contributed by atoms with van der Waals surface area (Å²) in [5.74, 6) is 0. The van der Waals surface area contributed by atoms with Crippen LogP contribution < -0.4 is 29.6 Å². The molecule has 10 heteroatoms. The molecule has 0 radical (unpaired) electrons. The molecular weight excluding hydrogens is 198 g/mol. The van der Waals surface area contributed by atoms with Crippen molar-refractivity contribution in [3.63, 3.8) is 0 Å². The van der Waals surface area contributed by atoms with Gasteiger partial charge < -0.3 is 11.2 Å². The summed E-state index contributed by atoms with van der Waals surface area (Å²) in [6.45, 7) is 0. The summed E-state index contributed by atoms with van der Waals surface area (Å²) in [6, 6.07) is 0. The normalized spacial score (nSPS) is 12.3. The molecule has 0 spiro atoms. The predicted molar refractivity (Wildman–Crippen MR) is 25.8 cm³/mol. The summed E-state index contributed by atoms with van der Waals surface area (Å²) >= 11 is 0. The Bertz CT molecular complexity index is 225. The third kappa shape index (κ3) is 11.8. The van der Waals surface area contributed by atoms with Crippen molar-refractivity contribution in [2.24, 2.45) is 0 Å². The molecular formula is H4NaO7PS. The van der Waals surface area contributed by atoms with Crippen LogP contribution in [0.5, 0.6) is 0 Å². The molecule has 0 amide bonds. The summed E-state index contributed by atoms with van der Waals surface area (Å²) in [5.41, 5.74) is 0. The smallest absolute Gasteiger partial charge is 1.00 e. The molecule has 7 nitrogen and oxygen atoms in total. The van der Waals surface area contributed by atoms with Crippen molar-refractivity contribution in [1.82, 2.24) is 0 Å². The third-order valence-electron chi connectivity index (χ3n) is 0.191. The zero-order valence-electron chi connectivity index (χ0n) is 5.83. The van der Waals surface area contributed by atoms with E-state index >= 15 is 0 Å². The van der Waals surface area contributed by atoms with E-state index in [1.54, 1.807) is 0 Å². The van der Waals surface area contributed by atoms with E-state index in [0.29, 0.717) is 0 Å². The molecule has 0 aliphatic rings. The quantitative estimate of drug-likeness (QED) is 0.237. The van der Waals surface area contributed by atoms with Crippen LogP contribution in [0.2, 0.25) is 0 Å². The van der Waals surface area contributed by atoms with Crippen molar-refractivity contribution in [3.05, 3.63) is 0 Å². The Morgan fingerprint density at radius 2 is 1.70 bits per heavy atom. The second-order valence-electron chi connectivity index (χ2n) is 0.993. The molecule has 0 rings (SSSR count). The van der Waals surface area contributed by atoms with Crippen LogP contribution in [0.25, 0.3) is 0 Å². The topological polar surface area (TPSA) is 121 Å². The van der Waals surface area contributed by atoms with Crippen LogP contribution in [-0.4, -0.2) is 22.8 Å². The fraction of sp³-hybridized carbons (Fsp3) is 0. The molecule has 0 aliphatic carbocycles. The summed E-state index contributed by atoms with van der Waals surface area (Å²) < 4.78 is 39.0. The van der Waals surface area contributed by atoms with Gasteiger partial charge in [0.1, 0.15) is 0 Å². The van der Waals surface area contributed by atoms with Gasteiger partial charge in [-0.1, -0.05) is 0 Å². The molecule has 10 heavy (non-hydrogen) atoms. The van der Waals surface area contributed by atoms with Gasteiger partial charge in [0.05, 0.1) is 0 Å². The van der Waals surface area contributed by atoms with Gasteiger partial charge in [0, 0.05) is 0 Å². The van der Waals surface area contributed by atoms with Gasteiger partial charge in [-0.2, -0.15) is 8.42 Å². The van der Waals surface area contributed by atoms with E-state index in [1.165, 1.54) is 0 Å². The molecule has 0 saturated heterocycles. The van der Waals surface area contributed by atoms with Crippen molar-refractivity contribution in [2.75, 3.05) is 0 Å². The van der Waals surface area contributed by atoms with Crippen LogP contribution in [0.4, 0.5) is 0 Å². The maximum absolute atomic E-state index is 9.58. The molecule has 0 heterocycles. The Morgan fingerprint density at radius 3 is 1.70 bits per heavy atom. The largest absolute Gasteiger partial charge is 1.00 e. The van der Waals surface area contributed by atoms with Gasteiger partial charge in [0.15, 0.2) is 0 Å². The molecule has 0 atom stereocenters. The average Bonchev–Trinajstić information content (AvgIpc) is 1.14. The molecule has 0 fully saturated rings. The first-order valence-electron chi connectivity index (χ1n) is 1.45. The molecule has 0 aromatic carbocycles. The minimum atomic E-state index is -5.13. The Kier molecular flexibility index (Phi) is 5.64. The summed E-state index contributed by atoms with van der Waals surface area (Å²) in [4.78, 5) is 15.4. The Balaban J connectivity index is -0.000000320. The standard InChI is InChI=1S/Na.H3O7PS.H/c;1-8(2,3)7-9(4,5)6;/h;(H2,1,2,3)(H,4,5,6);/q+1;;-1. The van der Waals surface area contributed by atoms with Crippen molar-refractivity contribution in [2.45, 2.75) is 0 Å². The van der Waals surface area contributed by atoms with Gasteiger partial charge >= 0.3 is 47.8 Å². The second-order valence-corrected chi connectivity index (χ2v) is 3.43. The van der Waals surface area contributed by atoms with Crippen molar-refractivity contribution in [3.8, 4) is 0 Å². The monoisotopic (exact) mass is 202 g/mol. The zero-order chi connectivity index (χ0) is 7.71. The minimum Gasteiger partial charge on any atom is -1.00 e. The number of hydrogen-bond acceptors (Lipinski definition) is 4. The minimum absolute atomic E-state index is 0. The summed E-state index contributed by atoms with van der Waals surface area (Å²) in [6.07, 6.45) is 0. The molecule has 0 bridgehead atoms. The Labute approximate surface area is 80.4 Å². The average molecular weight is 202 g/mol. The van der Waals surface area contributed by atoms with E-state index in [9.17, 15) is 13.0 Å². The second kappa shape index (κ2) is 4.15. The van der Waals surface area contributed by atoms with E-state index in [4.69, 9.17) is 14.3 Å². The summed E-state index contributed by atoms with van der Waals surface area (Å²) in [5, 5.41) is 0. The van der Waals surface area contributed by atoms with Gasteiger partial charge in [-0.25, -0.2) is 4.57 Å². The SMILES string of the molecule is O=P(O)(O)OS(=O)(=O)O.[H-].[Na+].